The number of para-hydroxylation sites is 1. The number of hydrogen-bond acceptors (Lipinski definition) is 4. The second-order valence-electron chi connectivity index (χ2n) is 7.56. The van der Waals surface area contributed by atoms with E-state index in [1.807, 2.05) is 74.5 Å². The zero-order valence-corrected chi connectivity index (χ0v) is 18.6. The minimum atomic E-state index is -0.193. The van der Waals surface area contributed by atoms with Crippen molar-refractivity contribution in [2.75, 3.05) is 19.5 Å². The number of carbonyl (C=O) groups excluding carboxylic acids is 1. The zero-order valence-electron chi connectivity index (χ0n) is 18.6. The number of rotatable bonds is 6. The number of amides is 1. The third-order valence-corrected chi connectivity index (χ3v) is 5.47. The van der Waals surface area contributed by atoms with E-state index >= 15 is 0 Å². The summed E-state index contributed by atoms with van der Waals surface area (Å²) < 4.78 is 16.6. The van der Waals surface area contributed by atoms with E-state index in [4.69, 9.17) is 13.9 Å². The maximum Gasteiger partial charge on any atom is 0.248 e. The van der Waals surface area contributed by atoms with Crippen molar-refractivity contribution >= 4 is 28.1 Å². The molecule has 1 N–H and O–H groups in total. The molecule has 0 aliphatic carbocycles. The van der Waals surface area contributed by atoms with Crippen LogP contribution in [0.15, 0.2) is 77.4 Å². The van der Waals surface area contributed by atoms with Gasteiger partial charge in [0.15, 0.2) is 0 Å². The number of anilines is 1. The number of ether oxygens (including phenoxy) is 2. The summed E-state index contributed by atoms with van der Waals surface area (Å²) in [5.41, 5.74) is 6.11. The number of carbonyl (C=O) groups is 1. The number of methoxy groups -OCH3 is 2. The number of benzene rings is 3. The molecule has 0 radical (unpaired) electrons. The first-order chi connectivity index (χ1) is 15.5. The molecule has 1 heterocycles. The van der Waals surface area contributed by atoms with Crippen LogP contribution in [0.4, 0.5) is 5.69 Å². The van der Waals surface area contributed by atoms with Crippen LogP contribution >= 0.6 is 0 Å². The highest BCUT2D eigenvalue weighted by molar-refractivity contribution is 6.05. The van der Waals surface area contributed by atoms with E-state index < -0.39 is 0 Å². The summed E-state index contributed by atoms with van der Waals surface area (Å²) in [6.07, 6.45) is 3.32. The number of furan rings is 1. The summed E-state index contributed by atoms with van der Waals surface area (Å²) in [4.78, 5) is 12.7. The van der Waals surface area contributed by atoms with E-state index in [0.29, 0.717) is 11.3 Å². The molecule has 1 aromatic heterocycles. The van der Waals surface area contributed by atoms with E-state index in [2.05, 4.69) is 5.32 Å². The molecule has 4 aromatic rings. The fraction of sp³-hybridized carbons (Fsp3) is 0.148. The topological polar surface area (TPSA) is 60.7 Å². The average Bonchev–Trinajstić information content (AvgIpc) is 3.22. The van der Waals surface area contributed by atoms with Crippen molar-refractivity contribution in [3.63, 3.8) is 0 Å². The molecule has 0 spiro atoms. The minimum absolute atomic E-state index is 0.193. The molecule has 5 heteroatoms. The van der Waals surface area contributed by atoms with Crippen LogP contribution in [0.2, 0.25) is 0 Å². The lowest BCUT2D eigenvalue weighted by molar-refractivity contribution is -0.111. The van der Waals surface area contributed by atoms with E-state index in [1.54, 1.807) is 26.6 Å². The molecule has 4 rings (SSSR count). The van der Waals surface area contributed by atoms with Crippen molar-refractivity contribution in [2.24, 2.45) is 0 Å². The monoisotopic (exact) mass is 427 g/mol. The van der Waals surface area contributed by atoms with Crippen LogP contribution in [-0.4, -0.2) is 20.1 Å². The highest BCUT2D eigenvalue weighted by atomic mass is 16.5. The quantitative estimate of drug-likeness (QED) is 0.358. The fourth-order valence-corrected chi connectivity index (χ4v) is 3.68. The molecule has 0 aliphatic rings. The average molecular weight is 428 g/mol. The number of hydrogen-bond donors (Lipinski definition) is 1. The van der Waals surface area contributed by atoms with Crippen LogP contribution in [0.5, 0.6) is 11.5 Å². The molecule has 0 saturated heterocycles. The minimum Gasteiger partial charge on any atom is -0.497 e. The molecule has 0 aliphatic heterocycles. The van der Waals surface area contributed by atoms with Crippen molar-refractivity contribution in [1.29, 1.82) is 0 Å². The molecular formula is C27H25NO4. The van der Waals surface area contributed by atoms with E-state index in [1.165, 1.54) is 0 Å². The first-order valence-electron chi connectivity index (χ1n) is 10.3. The van der Waals surface area contributed by atoms with Crippen LogP contribution in [0, 0.1) is 6.92 Å². The Morgan fingerprint density at radius 3 is 2.44 bits per heavy atom. The lowest BCUT2D eigenvalue weighted by Crippen LogP contribution is -2.09. The Labute approximate surface area is 187 Å². The molecule has 32 heavy (non-hydrogen) atoms. The predicted molar refractivity (Wildman–Crippen MR) is 128 cm³/mol. The normalized spacial score (nSPS) is 11.4. The van der Waals surface area contributed by atoms with Crippen LogP contribution < -0.4 is 14.8 Å². The first-order valence-corrected chi connectivity index (χ1v) is 10.3. The Kier molecular flexibility index (Phi) is 5.99. The van der Waals surface area contributed by atoms with Gasteiger partial charge in [0.05, 0.1) is 20.5 Å². The van der Waals surface area contributed by atoms with Gasteiger partial charge in [-0.05, 0) is 54.8 Å². The fourth-order valence-electron chi connectivity index (χ4n) is 3.68. The molecule has 0 saturated carbocycles. The molecule has 0 fully saturated rings. The molecule has 1 amide bonds. The van der Waals surface area contributed by atoms with Gasteiger partial charge in [0.1, 0.15) is 17.1 Å². The van der Waals surface area contributed by atoms with Crippen molar-refractivity contribution in [3.05, 3.63) is 84.1 Å². The summed E-state index contributed by atoms with van der Waals surface area (Å²) in [7, 11) is 3.25. The SMILES string of the molecule is COc1ccc(-c2coc3cc(OC)c(/C(C)=C/C(=O)Nc4ccccc4C)cc23)cc1. The maximum absolute atomic E-state index is 12.7. The summed E-state index contributed by atoms with van der Waals surface area (Å²) in [5.74, 6) is 1.24. The lowest BCUT2D eigenvalue weighted by atomic mass is 9.99. The Balaban J connectivity index is 1.71. The van der Waals surface area contributed by atoms with Gasteiger partial charge in [-0.3, -0.25) is 4.79 Å². The molecule has 5 nitrogen and oxygen atoms in total. The van der Waals surface area contributed by atoms with Gasteiger partial charge in [0.25, 0.3) is 0 Å². The van der Waals surface area contributed by atoms with E-state index in [0.717, 1.165) is 44.7 Å². The summed E-state index contributed by atoms with van der Waals surface area (Å²) in [6.45, 7) is 3.86. The van der Waals surface area contributed by atoms with Crippen LogP contribution in [0.3, 0.4) is 0 Å². The smallest absolute Gasteiger partial charge is 0.248 e. The number of allylic oxidation sites excluding steroid dienone is 1. The first kappa shape index (κ1) is 21.2. The highest BCUT2D eigenvalue weighted by Crippen LogP contribution is 2.37. The second-order valence-corrected chi connectivity index (χ2v) is 7.56. The van der Waals surface area contributed by atoms with Gasteiger partial charge in [-0.15, -0.1) is 0 Å². The predicted octanol–water partition coefficient (Wildman–Crippen LogP) is 6.47. The van der Waals surface area contributed by atoms with Crippen molar-refractivity contribution in [1.82, 2.24) is 0 Å². The molecule has 0 unspecified atom stereocenters. The second kappa shape index (κ2) is 9.02. The largest absolute Gasteiger partial charge is 0.497 e. The summed E-state index contributed by atoms with van der Waals surface area (Å²) in [5, 5.41) is 3.88. The van der Waals surface area contributed by atoms with Crippen LogP contribution in [0.25, 0.3) is 27.7 Å². The molecule has 0 bridgehead atoms. The Hall–Kier alpha value is -3.99. The Morgan fingerprint density at radius 1 is 1.00 bits per heavy atom. The van der Waals surface area contributed by atoms with Gasteiger partial charge >= 0.3 is 0 Å². The summed E-state index contributed by atoms with van der Waals surface area (Å²) in [6, 6.07) is 19.4. The maximum atomic E-state index is 12.7. The lowest BCUT2D eigenvalue weighted by Gasteiger charge is -2.11. The van der Waals surface area contributed by atoms with Gasteiger partial charge in [-0.1, -0.05) is 30.3 Å². The number of aryl methyl sites for hydroxylation is 1. The molecule has 3 aromatic carbocycles. The summed E-state index contributed by atoms with van der Waals surface area (Å²) >= 11 is 0. The van der Waals surface area contributed by atoms with Crippen molar-refractivity contribution in [2.45, 2.75) is 13.8 Å². The highest BCUT2D eigenvalue weighted by Gasteiger charge is 2.15. The van der Waals surface area contributed by atoms with E-state index in [-0.39, 0.29) is 5.91 Å². The number of nitrogens with one attached hydrogen (secondary N) is 1. The molecule has 0 atom stereocenters. The standard InChI is InChI=1S/C27H25NO4/c1-17-7-5-6-8-24(17)28-27(29)13-18(2)21-14-22-23(16-32-26(22)15-25(21)31-4)19-9-11-20(30-3)12-10-19/h5-16H,1-4H3,(H,28,29)/b18-13+. The Morgan fingerprint density at radius 2 is 1.75 bits per heavy atom. The molecule has 162 valence electrons. The van der Waals surface area contributed by atoms with Crippen LogP contribution in [0.1, 0.15) is 18.1 Å². The van der Waals surface area contributed by atoms with Gasteiger partial charge in [0.2, 0.25) is 5.91 Å². The van der Waals surface area contributed by atoms with Gasteiger partial charge < -0.3 is 19.2 Å². The third-order valence-electron chi connectivity index (χ3n) is 5.47. The molecular weight excluding hydrogens is 402 g/mol. The van der Waals surface area contributed by atoms with Crippen molar-refractivity contribution < 1.29 is 18.7 Å². The van der Waals surface area contributed by atoms with Gasteiger partial charge in [-0.25, -0.2) is 0 Å². The third kappa shape index (κ3) is 4.23. The van der Waals surface area contributed by atoms with Crippen LogP contribution in [-0.2, 0) is 4.79 Å². The number of fused-ring (bicyclic) bond motifs is 1. The van der Waals surface area contributed by atoms with Gasteiger partial charge in [-0.2, -0.15) is 0 Å². The van der Waals surface area contributed by atoms with Gasteiger partial charge in [0, 0.05) is 34.3 Å². The Bertz CT molecular complexity index is 1300. The van der Waals surface area contributed by atoms with E-state index in [9.17, 15) is 4.79 Å². The van der Waals surface area contributed by atoms with Crippen molar-refractivity contribution in [3.8, 4) is 22.6 Å². The zero-order chi connectivity index (χ0) is 22.7.